The Hall–Kier alpha value is -2.60. The number of aryl methyl sites for hydroxylation is 2. The molecule has 4 rings (SSSR count). The lowest BCUT2D eigenvalue weighted by Crippen LogP contribution is -2.14. The number of rotatable bonds is 1. The molecule has 0 heterocycles. The van der Waals surface area contributed by atoms with E-state index in [4.69, 9.17) is 0 Å². The van der Waals surface area contributed by atoms with Gasteiger partial charge in [0.1, 0.15) is 0 Å². The van der Waals surface area contributed by atoms with E-state index in [0.717, 1.165) is 0 Å². The molecule has 0 bridgehead atoms. The Kier molecular flexibility index (Phi) is 4.63. The van der Waals surface area contributed by atoms with Gasteiger partial charge in [0, 0.05) is 5.41 Å². The molecule has 0 fully saturated rings. The van der Waals surface area contributed by atoms with Crippen LogP contribution >= 0.6 is 0 Å². The monoisotopic (exact) mass is 326 g/mol. The second kappa shape index (κ2) is 6.72. The predicted molar refractivity (Wildman–Crippen MR) is 110 cm³/mol. The van der Waals surface area contributed by atoms with Crippen molar-refractivity contribution in [3.05, 3.63) is 101 Å². The average Bonchev–Trinajstić information content (AvgIpc) is 2.84. The fourth-order valence-electron chi connectivity index (χ4n) is 3.52. The van der Waals surface area contributed by atoms with Gasteiger partial charge in [-0.05, 0) is 41.7 Å². The molecule has 1 aliphatic rings. The van der Waals surface area contributed by atoms with Crippen LogP contribution in [0.3, 0.4) is 0 Å². The molecule has 3 aromatic carbocycles. The van der Waals surface area contributed by atoms with Crippen LogP contribution in [0.25, 0.3) is 17.2 Å². The zero-order valence-electron chi connectivity index (χ0n) is 15.6. The Labute approximate surface area is 151 Å². The van der Waals surface area contributed by atoms with Gasteiger partial charge in [0.25, 0.3) is 0 Å². The minimum atomic E-state index is 0.151. The normalized spacial score (nSPS) is 13.3. The van der Waals surface area contributed by atoms with Crippen molar-refractivity contribution in [1.82, 2.24) is 0 Å². The van der Waals surface area contributed by atoms with Gasteiger partial charge in [-0.3, -0.25) is 0 Å². The van der Waals surface area contributed by atoms with Gasteiger partial charge in [-0.2, -0.15) is 0 Å². The highest BCUT2D eigenvalue weighted by atomic mass is 14.4. The summed E-state index contributed by atoms with van der Waals surface area (Å²) in [6.45, 7) is 12.5. The van der Waals surface area contributed by atoms with Gasteiger partial charge >= 0.3 is 0 Å². The van der Waals surface area contributed by atoms with Gasteiger partial charge in [-0.15, -0.1) is 0 Å². The van der Waals surface area contributed by atoms with Crippen LogP contribution in [-0.4, -0.2) is 0 Å². The summed E-state index contributed by atoms with van der Waals surface area (Å²) >= 11 is 0. The summed E-state index contributed by atoms with van der Waals surface area (Å²) in [6, 6.07) is 23.8. The maximum atomic E-state index is 3.66. The van der Waals surface area contributed by atoms with Gasteiger partial charge in [0.2, 0.25) is 0 Å². The highest BCUT2D eigenvalue weighted by molar-refractivity contribution is 5.80. The zero-order chi connectivity index (χ0) is 18.0. The van der Waals surface area contributed by atoms with E-state index in [1.165, 1.54) is 38.9 Å². The second-order valence-corrected chi connectivity index (χ2v) is 7.33. The lowest BCUT2D eigenvalue weighted by Gasteiger charge is -2.21. The standard InChI is InChI=1S/C16H16.C9H10/c1-11-8-9-13-12-6-4-5-7-14(12)16(2,3)15(13)10-11;1-3-9-6-4-8(2)5-7-9/h4-10H,1-3H3;3-7H,1H2,2H3. The first-order chi connectivity index (χ1) is 11.9. The summed E-state index contributed by atoms with van der Waals surface area (Å²) in [5, 5.41) is 0. The molecule has 0 atom stereocenters. The molecule has 0 aromatic heterocycles. The van der Waals surface area contributed by atoms with Crippen LogP contribution in [0.4, 0.5) is 0 Å². The van der Waals surface area contributed by atoms with Gasteiger partial charge < -0.3 is 0 Å². The van der Waals surface area contributed by atoms with E-state index >= 15 is 0 Å². The van der Waals surface area contributed by atoms with Crippen molar-refractivity contribution in [2.24, 2.45) is 0 Å². The van der Waals surface area contributed by atoms with Crippen molar-refractivity contribution in [1.29, 1.82) is 0 Å². The van der Waals surface area contributed by atoms with Crippen LogP contribution in [0.15, 0.2) is 73.3 Å². The Balaban J connectivity index is 0.000000173. The maximum absolute atomic E-state index is 3.66. The maximum Gasteiger partial charge on any atom is 0.0158 e. The first-order valence-corrected chi connectivity index (χ1v) is 8.83. The molecule has 0 saturated heterocycles. The Morgan fingerprint density at radius 3 is 2.00 bits per heavy atom. The summed E-state index contributed by atoms with van der Waals surface area (Å²) < 4.78 is 0. The number of hydrogen-bond acceptors (Lipinski definition) is 0. The first-order valence-electron chi connectivity index (χ1n) is 8.83. The SMILES string of the molecule is C=Cc1ccc(C)cc1.Cc1ccc2c(c1)C(C)(C)c1ccccc1-2. The molecule has 0 heteroatoms. The summed E-state index contributed by atoms with van der Waals surface area (Å²) in [6.07, 6.45) is 1.85. The molecule has 126 valence electrons. The van der Waals surface area contributed by atoms with E-state index in [9.17, 15) is 0 Å². The highest BCUT2D eigenvalue weighted by Gasteiger charge is 2.34. The largest absolute Gasteiger partial charge is 0.0985 e. The Morgan fingerprint density at radius 2 is 1.32 bits per heavy atom. The minimum absolute atomic E-state index is 0.151. The molecular formula is C25H26. The van der Waals surface area contributed by atoms with Crippen molar-refractivity contribution in [3.8, 4) is 11.1 Å². The molecule has 0 spiro atoms. The lowest BCUT2D eigenvalue weighted by atomic mass is 9.82. The number of benzene rings is 3. The summed E-state index contributed by atoms with van der Waals surface area (Å²) in [5.74, 6) is 0. The van der Waals surface area contributed by atoms with Crippen molar-refractivity contribution < 1.29 is 0 Å². The van der Waals surface area contributed by atoms with Crippen molar-refractivity contribution in [3.63, 3.8) is 0 Å². The molecule has 1 aliphatic carbocycles. The smallest absolute Gasteiger partial charge is 0.0158 e. The molecule has 0 nitrogen and oxygen atoms in total. The molecular weight excluding hydrogens is 300 g/mol. The molecule has 3 aromatic rings. The zero-order valence-corrected chi connectivity index (χ0v) is 15.6. The van der Waals surface area contributed by atoms with Gasteiger partial charge in [-0.1, -0.05) is 104 Å². The number of hydrogen-bond donors (Lipinski definition) is 0. The summed E-state index contributed by atoms with van der Waals surface area (Å²) in [4.78, 5) is 0. The van der Waals surface area contributed by atoms with Crippen LogP contribution < -0.4 is 0 Å². The quantitative estimate of drug-likeness (QED) is 0.454. The second-order valence-electron chi connectivity index (χ2n) is 7.33. The molecule has 0 amide bonds. The third kappa shape index (κ3) is 3.30. The fraction of sp³-hybridized carbons (Fsp3) is 0.200. The molecule has 0 N–H and O–H groups in total. The van der Waals surface area contributed by atoms with Crippen LogP contribution in [0.1, 0.15) is 41.7 Å². The Bertz CT molecular complexity index is 896. The van der Waals surface area contributed by atoms with Crippen molar-refractivity contribution in [2.45, 2.75) is 33.1 Å². The summed E-state index contributed by atoms with van der Waals surface area (Å²) in [7, 11) is 0. The van der Waals surface area contributed by atoms with Gasteiger partial charge in [-0.25, -0.2) is 0 Å². The van der Waals surface area contributed by atoms with Gasteiger partial charge in [0.15, 0.2) is 0 Å². The van der Waals surface area contributed by atoms with Crippen molar-refractivity contribution >= 4 is 6.08 Å². The van der Waals surface area contributed by atoms with E-state index < -0.39 is 0 Å². The van der Waals surface area contributed by atoms with Crippen LogP contribution in [0.2, 0.25) is 0 Å². The average molecular weight is 326 g/mol. The highest BCUT2D eigenvalue weighted by Crippen LogP contribution is 2.48. The van der Waals surface area contributed by atoms with Crippen LogP contribution in [0.5, 0.6) is 0 Å². The molecule has 0 unspecified atom stereocenters. The molecule has 0 radical (unpaired) electrons. The van der Waals surface area contributed by atoms with Crippen LogP contribution in [0, 0.1) is 13.8 Å². The topological polar surface area (TPSA) is 0 Å². The van der Waals surface area contributed by atoms with Crippen LogP contribution in [-0.2, 0) is 5.41 Å². The van der Waals surface area contributed by atoms with E-state index in [0.29, 0.717) is 0 Å². The molecule has 0 aliphatic heterocycles. The van der Waals surface area contributed by atoms with Gasteiger partial charge in [0.05, 0.1) is 0 Å². The molecule has 0 saturated carbocycles. The Morgan fingerprint density at radius 1 is 0.720 bits per heavy atom. The fourth-order valence-corrected chi connectivity index (χ4v) is 3.52. The van der Waals surface area contributed by atoms with E-state index in [1.54, 1.807) is 0 Å². The number of fused-ring (bicyclic) bond motifs is 3. The van der Waals surface area contributed by atoms with E-state index in [1.807, 2.05) is 6.08 Å². The predicted octanol–water partition coefficient (Wildman–Crippen LogP) is 6.94. The van der Waals surface area contributed by atoms with E-state index in [-0.39, 0.29) is 5.41 Å². The molecule has 25 heavy (non-hydrogen) atoms. The third-order valence-electron chi connectivity index (χ3n) is 5.05. The van der Waals surface area contributed by atoms with Crippen molar-refractivity contribution in [2.75, 3.05) is 0 Å². The minimum Gasteiger partial charge on any atom is -0.0985 e. The first kappa shape index (κ1) is 17.2. The summed E-state index contributed by atoms with van der Waals surface area (Å²) in [5.41, 5.74) is 9.71. The van der Waals surface area contributed by atoms with E-state index in [2.05, 4.69) is 101 Å². The third-order valence-corrected chi connectivity index (χ3v) is 5.05. The lowest BCUT2D eigenvalue weighted by molar-refractivity contribution is 0.660.